The van der Waals surface area contributed by atoms with Crippen LogP contribution in [0.25, 0.3) is 0 Å². The highest BCUT2D eigenvalue weighted by molar-refractivity contribution is 5.76. The third-order valence-electron chi connectivity index (χ3n) is 4.44. The van der Waals surface area contributed by atoms with E-state index in [0.29, 0.717) is 31.1 Å². The molecule has 0 radical (unpaired) electrons. The van der Waals surface area contributed by atoms with Gasteiger partial charge in [0.25, 0.3) is 0 Å². The summed E-state index contributed by atoms with van der Waals surface area (Å²) < 4.78 is 10.4. The Balaban J connectivity index is 1.59. The summed E-state index contributed by atoms with van der Waals surface area (Å²) in [4.78, 5) is 18.7. The molecule has 3 rings (SSSR count). The van der Waals surface area contributed by atoms with Crippen molar-refractivity contribution in [2.24, 2.45) is 0 Å². The standard InChI is InChI=1S/C16H22N4O3/c1-10-14(11(2)22-18-10)6-7-15(21)20-8-4-5-13(9-20)16-17-12(3)19-23-16/h13H,4-9H2,1-3H3/t13-/m1/s1. The summed E-state index contributed by atoms with van der Waals surface area (Å²) in [5.74, 6) is 2.39. The van der Waals surface area contributed by atoms with Crippen molar-refractivity contribution in [1.29, 1.82) is 0 Å². The maximum Gasteiger partial charge on any atom is 0.231 e. The van der Waals surface area contributed by atoms with Crippen molar-refractivity contribution in [3.8, 4) is 0 Å². The van der Waals surface area contributed by atoms with Crippen LogP contribution < -0.4 is 0 Å². The zero-order valence-electron chi connectivity index (χ0n) is 13.8. The minimum atomic E-state index is 0.146. The molecule has 0 N–H and O–H groups in total. The van der Waals surface area contributed by atoms with Crippen LogP contribution in [0.2, 0.25) is 0 Å². The van der Waals surface area contributed by atoms with Gasteiger partial charge in [-0.25, -0.2) is 0 Å². The maximum atomic E-state index is 12.5. The van der Waals surface area contributed by atoms with Gasteiger partial charge in [0.1, 0.15) is 5.76 Å². The van der Waals surface area contributed by atoms with E-state index in [1.165, 1.54) is 0 Å². The smallest absolute Gasteiger partial charge is 0.231 e. The van der Waals surface area contributed by atoms with Gasteiger partial charge in [0.15, 0.2) is 5.82 Å². The van der Waals surface area contributed by atoms with E-state index in [9.17, 15) is 4.79 Å². The molecule has 7 heteroatoms. The third-order valence-corrected chi connectivity index (χ3v) is 4.44. The van der Waals surface area contributed by atoms with Crippen molar-refractivity contribution in [2.45, 2.75) is 52.4 Å². The fourth-order valence-corrected chi connectivity index (χ4v) is 3.13. The highest BCUT2D eigenvalue weighted by Gasteiger charge is 2.28. The molecule has 2 aromatic heterocycles. The summed E-state index contributed by atoms with van der Waals surface area (Å²) in [5.41, 5.74) is 1.91. The summed E-state index contributed by atoms with van der Waals surface area (Å²) in [6.07, 6.45) is 3.08. The molecule has 1 saturated heterocycles. The number of likely N-dealkylation sites (tertiary alicyclic amines) is 1. The topological polar surface area (TPSA) is 85.3 Å². The molecule has 0 spiro atoms. The molecule has 1 amide bonds. The first kappa shape index (κ1) is 15.7. The number of rotatable bonds is 4. The highest BCUT2D eigenvalue weighted by atomic mass is 16.5. The molecule has 0 saturated carbocycles. The van der Waals surface area contributed by atoms with Crippen LogP contribution in [0, 0.1) is 20.8 Å². The van der Waals surface area contributed by atoms with E-state index in [2.05, 4.69) is 15.3 Å². The van der Waals surface area contributed by atoms with Crippen molar-refractivity contribution < 1.29 is 13.8 Å². The Morgan fingerprint density at radius 3 is 2.74 bits per heavy atom. The Kier molecular flexibility index (Phi) is 4.45. The molecule has 0 bridgehead atoms. The maximum absolute atomic E-state index is 12.5. The normalized spacial score (nSPS) is 18.4. The molecular formula is C16H22N4O3. The largest absolute Gasteiger partial charge is 0.361 e. The first-order valence-corrected chi connectivity index (χ1v) is 8.04. The van der Waals surface area contributed by atoms with Gasteiger partial charge in [-0.2, -0.15) is 4.98 Å². The predicted octanol–water partition coefficient (Wildman–Crippen LogP) is 2.32. The zero-order chi connectivity index (χ0) is 16.4. The van der Waals surface area contributed by atoms with Gasteiger partial charge < -0.3 is 13.9 Å². The number of hydrogen-bond donors (Lipinski definition) is 0. The van der Waals surface area contributed by atoms with Crippen LogP contribution in [0.4, 0.5) is 0 Å². The average molecular weight is 318 g/mol. The van der Waals surface area contributed by atoms with Crippen molar-refractivity contribution in [2.75, 3.05) is 13.1 Å². The Bertz CT molecular complexity index is 672. The second-order valence-corrected chi connectivity index (χ2v) is 6.16. The van der Waals surface area contributed by atoms with Gasteiger partial charge >= 0.3 is 0 Å². The van der Waals surface area contributed by atoms with Crippen LogP contribution in [-0.2, 0) is 11.2 Å². The minimum Gasteiger partial charge on any atom is -0.361 e. The van der Waals surface area contributed by atoms with Gasteiger partial charge in [0.05, 0.1) is 11.6 Å². The van der Waals surface area contributed by atoms with Crippen molar-refractivity contribution in [3.05, 3.63) is 28.7 Å². The van der Waals surface area contributed by atoms with Crippen LogP contribution in [0.5, 0.6) is 0 Å². The molecule has 0 unspecified atom stereocenters. The van der Waals surface area contributed by atoms with Crippen LogP contribution in [-0.4, -0.2) is 39.2 Å². The number of aromatic nitrogens is 3. The minimum absolute atomic E-state index is 0.146. The van der Waals surface area contributed by atoms with Gasteiger partial charge in [-0.05, 0) is 40.0 Å². The summed E-state index contributed by atoms with van der Waals surface area (Å²) in [5, 5.41) is 7.78. The number of aryl methyl sites for hydroxylation is 3. The van der Waals surface area contributed by atoms with Crippen LogP contribution in [0.15, 0.2) is 9.05 Å². The lowest BCUT2D eigenvalue weighted by Gasteiger charge is -2.31. The lowest BCUT2D eigenvalue weighted by atomic mass is 9.97. The van der Waals surface area contributed by atoms with Gasteiger partial charge in [0, 0.05) is 25.1 Å². The molecule has 1 fully saturated rings. The van der Waals surface area contributed by atoms with Gasteiger partial charge in [-0.15, -0.1) is 0 Å². The first-order valence-electron chi connectivity index (χ1n) is 8.04. The predicted molar refractivity (Wildman–Crippen MR) is 81.9 cm³/mol. The van der Waals surface area contributed by atoms with E-state index < -0.39 is 0 Å². The zero-order valence-corrected chi connectivity index (χ0v) is 13.8. The molecule has 1 aliphatic heterocycles. The molecule has 1 atom stereocenters. The molecular weight excluding hydrogens is 296 g/mol. The molecule has 3 heterocycles. The molecule has 124 valence electrons. The van der Waals surface area contributed by atoms with Gasteiger partial charge in [-0.1, -0.05) is 10.3 Å². The van der Waals surface area contributed by atoms with Gasteiger partial charge in [-0.3, -0.25) is 4.79 Å². The summed E-state index contributed by atoms with van der Waals surface area (Å²) >= 11 is 0. The average Bonchev–Trinajstić information content (AvgIpc) is 3.12. The highest BCUT2D eigenvalue weighted by Crippen LogP contribution is 2.26. The number of hydrogen-bond acceptors (Lipinski definition) is 6. The fourth-order valence-electron chi connectivity index (χ4n) is 3.13. The Morgan fingerprint density at radius 1 is 1.26 bits per heavy atom. The van der Waals surface area contributed by atoms with Crippen molar-refractivity contribution in [1.82, 2.24) is 20.2 Å². The quantitative estimate of drug-likeness (QED) is 0.860. The molecule has 0 aromatic carbocycles. The first-order chi connectivity index (χ1) is 11.0. The summed E-state index contributed by atoms with van der Waals surface area (Å²) in [7, 11) is 0. The number of nitrogens with zero attached hydrogens (tertiary/aromatic N) is 4. The monoisotopic (exact) mass is 318 g/mol. The van der Waals surface area contributed by atoms with E-state index in [-0.39, 0.29) is 11.8 Å². The van der Waals surface area contributed by atoms with E-state index in [1.54, 1.807) is 0 Å². The van der Waals surface area contributed by atoms with Gasteiger partial charge in [0.2, 0.25) is 11.8 Å². The Hall–Kier alpha value is -2.18. The van der Waals surface area contributed by atoms with E-state index in [0.717, 1.165) is 36.4 Å². The van der Waals surface area contributed by atoms with Crippen LogP contribution in [0.1, 0.15) is 53.9 Å². The van der Waals surface area contributed by atoms with E-state index in [4.69, 9.17) is 9.05 Å². The SMILES string of the molecule is Cc1noc([C@@H]2CCCN(C(=O)CCc3c(C)noc3C)C2)n1. The lowest BCUT2D eigenvalue weighted by Crippen LogP contribution is -2.39. The molecule has 23 heavy (non-hydrogen) atoms. The Morgan fingerprint density at radius 2 is 2.09 bits per heavy atom. The number of carbonyl (C=O) groups excluding carboxylic acids is 1. The summed E-state index contributed by atoms with van der Waals surface area (Å²) in [6.45, 7) is 7.05. The van der Waals surface area contributed by atoms with Crippen molar-refractivity contribution >= 4 is 5.91 Å². The lowest BCUT2D eigenvalue weighted by molar-refractivity contribution is -0.132. The molecule has 1 aliphatic rings. The van der Waals surface area contributed by atoms with Crippen molar-refractivity contribution in [3.63, 3.8) is 0 Å². The molecule has 7 nitrogen and oxygen atoms in total. The number of piperidine rings is 1. The van der Waals surface area contributed by atoms with Crippen LogP contribution >= 0.6 is 0 Å². The third kappa shape index (κ3) is 3.43. The number of amides is 1. The molecule has 2 aromatic rings. The fraction of sp³-hybridized carbons (Fsp3) is 0.625. The van der Waals surface area contributed by atoms with Crippen LogP contribution in [0.3, 0.4) is 0 Å². The number of carbonyl (C=O) groups is 1. The van der Waals surface area contributed by atoms with E-state index >= 15 is 0 Å². The second-order valence-electron chi connectivity index (χ2n) is 6.16. The second kappa shape index (κ2) is 6.52. The van der Waals surface area contributed by atoms with E-state index in [1.807, 2.05) is 25.7 Å². The Labute approximate surface area is 135 Å². The summed E-state index contributed by atoms with van der Waals surface area (Å²) in [6, 6.07) is 0. The molecule has 0 aliphatic carbocycles.